The third-order valence-corrected chi connectivity index (χ3v) is 6.44. The monoisotopic (exact) mass is 447 g/mol. The summed E-state index contributed by atoms with van der Waals surface area (Å²) in [6.45, 7) is 4.76. The van der Waals surface area contributed by atoms with Crippen LogP contribution in [0, 0.1) is 12.8 Å². The number of hydrogen-bond acceptors (Lipinski definition) is 7. The van der Waals surface area contributed by atoms with E-state index in [0.717, 1.165) is 5.56 Å². The van der Waals surface area contributed by atoms with Crippen molar-refractivity contribution in [1.82, 2.24) is 4.98 Å². The Kier molecular flexibility index (Phi) is 6.79. The number of hydrogen-bond donors (Lipinski definition) is 2. The molecule has 0 spiro atoms. The summed E-state index contributed by atoms with van der Waals surface area (Å²) in [6, 6.07) is 7.66. The van der Waals surface area contributed by atoms with Crippen LogP contribution in [0.2, 0.25) is 0 Å². The van der Waals surface area contributed by atoms with Crippen molar-refractivity contribution in [2.45, 2.75) is 31.6 Å². The number of aromatic nitrogens is 1. The largest absolute Gasteiger partial charge is 0.478 e. The van der Waals surface area contributed by atoms with E-state index in [4.69, 9.17) is 4.74 Å². The first-order valence-electron chi connectivity index (χ1n) is 9.95. The zero-order valence-electron chi connectivity index (χ0n) is 17.4. The van der Waals surface area contributed by atoms with Crippen molar-refractivity contribution >= 4 is 33.5 Å². The van der Waals surface area contributed by atoms with Crippen LogP contribution in [-0.4, -0.2) is 50.1 Å². The highest BCUT2D eigenvalue weighted by Gasteiger charge is 2.29. The topological polar surface area (TPSA) is 126 Å². The molecule has 0 radical (unpaired) electrons. The molecule has 1 saturated heterocycles. The fourth-order valence-electron chi connectivity index (χ4n) is 3.51. The number of carboxylic acids is 1. The van der Waals surface area contributed by atoms with E-state index in [1.165, 1.54) is 24.4 Å². The summed E-state index contributed by atoms with van der Waals surface area (Å²) >= 11 is 0. The van der Waals surface area contributed by atoms with E-state index in [-0.39, 0.29) is 33.9 Å². The highest BCUT2D eigenvalue weighted by molar-refractivity contribution is 7.92. The predicted molar refractivity (Wildman–Crippen MR) is 115 cm³/mol. The summed E-state index contributed by atoms with van der Waals surface area (Å²) in [7, 11) is -3.89. The van der Waals surface area contributed by atoms with E-state index >= 15 is 0 Å². The third kappa shape index (κ3) is 5.32. The number of carbonyl (C=O) groups is 2. The zero-order valence-corrected chi connectivity index (χ0v) is 18.2. The number of carbonyl (C=O) groups excluding carboxylic acids is 1. The number of nitrogens with one attached hydrogen (secondary N) is 1. The molecule has 9 nitrogen and oxygen atoms in total. The first-order valence-corrected chi connectivity index (χ1v) is 11.4. The van der Waals surface area contributed by atoms with Crippen LogP contribution in [0.4, 0.5) is 11.5 Å². The molecule has 1 aromatic carbocycles. The van der Waals surface area contributed by atoms with Gasteiger partial charge in [-0.05, 0) is 50.5 Å². The number of aryl methyl sites for hydroxylation is 1. The fourth-order valence-corrected chi connectivity index (χ4v) is 4.64. The Balaban J connectivity index is 1.79. The van der Waals surface area contributed by atoms with Gasteiger partial charge in [-0.25, -0.2) is 18.2 Å². The number of ether oxygens (including phenoxy) is 1. The van der Waals surface area contributed by atoms with E-state index < -0.39 is 16.0 Å². The fraction of sp³-hybridized carbons (Fsp3) is 0.381. The van der Waals surface area contributed by atoms with Gasteiger partial charge in [-0.2, -0.15) is 0 Å². The number of carboxylic acid groups (broad SMARTS) is 1. The van der Waals surface area contributed by atoms with E-state index in [1.807, 2.05) is 0 Å². The molecule has 2 aromatic rings. The summed E-state index contributed by atoms with van der Waals surface area (Å²) in [4.78, 5) is 29.8. The van der Waals surface area contributed by atoms with Crippen LogP contribution in [0.15, 0.2) is 41.4 Å². The lowest BCUT2D eigenvalue weighted by Crippen LogP contribution is -2.38. The maximum absolute atomic E-state index is 12.6. The summed E-state index contributed by atoms with van der Waals surface area (Å²) in [5.74, 6) is -1.43. The molecule has 0 amide bonds. The van der Waals surface area contributed by atoms with Crippen LogP contribution in [0.5, 0.6) is 0 Å². The molecule has 1 fully saturated rings. The summed E-state index contributed by atoms with van der Waals surface area (Å²) < 4.78 is 32.7. The van der Waals surface area contributed by atoms with Crippen LogP contribution in [0.25, 0.3) is 0 Å². The van der Waals surface area contributed by atoms with Crippen molar-refractivity contribution in [3.63, 3.8) is 0 Å². The van der Waals surface area contributed by atoms with Crippen LogP contribution < -0.4 is 9.62 Å². The molecule has 31 heavy (non-hydrogen) atoms. The Hall–Kier alpha value is -3.14. The van der Waals surface area contributed by atoms with Gasteiger partial charge < -0.3 is 14.7 Å². The van der Waals surface area contributed by atoms with E-state index in [9.17, 15) is 23.1 Å². The Morgan fingerprint density at radius 3 is 2.58 bits per heavy atom. The molecule has 0 bridgehead atoms. The number of nitrogens with zero attached hydrogens (tertiary/aromatic N) is 2. The first-order chi connectivity index (χ1) is 14.7. The van der Waals surface area contributed by atoms with Crippen molar-refractivity contribution < 1.29 is 27.9 Å². The Morgan fingerprint density at radius 1 is 1.26 bits per heavy atom. The lowest BCUT2D eigenvalue weighted by Gasteiger charge is -2.32. The highest BCUT2D eigenvalue weighted by atomic mass is 32.2. The van der Waals surface area contributed by atoms with Gasteiger partial charge in [0.25, 0.3) is 10.0 Å². The molecule has 0 saturated carbocycles. The van der Waals surface area contributed by atoms with E-state index in [1.54, 1.807) is 30.9 Å². The number of piperidine rings is 1. The van der Waals surface area contributed by atoms with Gasteiger partial charge in [-0.1, -0.05) is 12.1 Å². The molecular formula is C21H25N3O6S. The number of benzene rings is 1. The lowest BCUT2D eigenvalue weighted by molar-refractivity contribution is -0.148. The number of sulfonamides is 1. The number of pyridine rings is 1. The van der Waals surface area contributed by atoms with Gasteiger partial charge in [0.1, 0.15) is 11.4 Å². The summed E-state index contributed by atoms with van der Waals surface area (Å²) in [5.41, 5.74) is 0.733. The normalized spacial score (nSPS) is 14.8. The SMILES string of the molecule is CCOC(=O)C1CCN(c2ncc(NS(=O)(=O)c3cccc(C)c3)cc2C(=O)O)CC1. The smallest absolute Gasteiger partial charge is 0.339 e. The minimum Gasteiger partial charge on any atom is -0.478 e. The van der Waals surface area contributed by atoms with Crippen LogP contribution in [0.1, 0.15) is 35.7 Å². The first kappa shape index (κ1) is 22.5. The number of esters is 1. The van der Waals surface area contributed by atoms with Crippen molar-refractivity contribution in [1.29, 1.82) is 0 Å². The van der Waals surface area contributed by atoms with Crippen molar-refractivity contribution in [2.24, 2.45) is 5.92 Å². The third-order valence-electron chi connectivity index (χ3n) is 5.06. The Morgan fingerprint density at radius 2 is 1.97 bits per heavy atom. The van der Waals surface area contributed by atoms with Gasteiger partial charge >= 0.3 is 11.9 Å². The maximum atomic E-state index is 12.6. The Bertz CT molecular complexity index is 1080. The summed E-state index contributed by atoms with van der Waals surface area (Å²) in [6.07, 6.45) is 2.36. The second-order valence-electron chi connectivity index (χ2n) is 7.34. The lowest BCUT2D eigenvalue weighted by atomic mass is 9.96. The molecule has 2 heterocycles. The van der Waals surface area contributed by atoms with Crippen LogP contribution in [-0.2, 0) is 19.6 Å². The van der Waals surface area contributed by atoms with E-state index in [2.05, 4.69) is 9.71 Å². The average molecular weight is 448 g/mol. The van der Waals surface area contributed by atoms with Gasteiger partial charge in [-0.3, -0.25) is 9.52 Å². The quantitative estimate of drug-likeness (QED) is 0.621. The molecule has 0 unspecified atom stereocenters. The second-order valence-corrected chi connectivity index (χ2v) is 9.02. The van der Waals surface area contributed by atoms with Crippen molar-refractivity contribution in [3.05, 3.63) is 47.7 Å². The van der Waals surface area contributed by atoms with Gasteiger partial charge in [-0.15, -0.1) is 0 Å². The Labute approximate surface area is 181 Å². The molecule has 1 aromatic heterocycles. The molecule has 1 aliphatic rings. The van der Waals surface area contributed by atoms with Crippen LogP contribution >= 0.6 is 0 Å². The molecule has 3 rings (SSSR count). The zero-order chi connectivity index (χ0) is 22.6. The van der Waals surface area contributed by atoms with Gasteiger partial charge in [0.15, 0.2) is 0 Å². The van der Waals surface area contributed by atoms with Crippen molar-refractivity contribution in [2.75, 3.05) is 29.3 Å². The second kappa shape index (κ2) is 9.34. The number of rotatable bonds is 7. The minimum absolute atomic E-state index is 0.0593. The van der Waals surface area contributed by atoms with Crippen LogP contribution in [0.3, 0.4) is 0 Å². The van der Waals surface area contributed by atoms with E-state index in [0.29, 0.717) is 32.5 Å². The highest BCUT2D eigenvalue weighted by Crippen LogP contribution is 2.28. The average Bonchev–Trinajstić information content (AvgIpc) is 2.74. The van der Waals surface area contributed by atoms with Gasteiger partial charge in [0.05, 0.1) is 29.3 Å². The standard InChI is InChI=1S/C21H25N3O6S/c1-3-30-21(27)15-7-9-24(10-8-15)19-18(20(25)26)12-16(13-22-19)23-31(28,29)17-6-4-5-14(2)11-17/h4-6,11-13,15,23H,3,7-10H2,1-2H3,(H,25,26). The van der Waals surface area contributed by atoms with Gasteiger partial charge in [0, 0.05) is 13.1 Å². The molecule has 0 aliphatic carbocycles. The predicted octanol–water partition coefficient (Wildman–Crippen LogP) is 2.67. The van der Waals surface area contributed by atoms with Gasteiger partial charge in [0.2, 0.25) is 0 Å². The number of aromatic carboxylic acids is 1. The summed E-state index contributed by atoms with van der Waals surface area (Å²) in [5, 5.41) is 9.66. The molecule has 166 valence electrons. The molecule has 10 heteroatoms. The minimum atomic E-state index is -3.89. The maximum Gasteiger partial charge on any atom is 0.339 e. The number of anilines is 2. The van der Waals surface area contributed by atoms with Crippen molar-refractivity contribution in [3.8, 4) is 0 Å². The molecule has 0 atom stereocenters. The molecule has 1 aliphatic heterocycles. The molecule has 2 N–H and O–H groups in total. The molecular weight excluding hydrogens is 422 g/mol.